The molecule has 0 atom stereocenters. The van der Waals surface area contributed by atoms with E-state index in [0.29, 0.717) is 25.0 Å². The predicted octanol–water partition coefficient (Wildman–Crippen LogP) is 2.44. The molecule has 0 bridgehead atoms. The normalized spacial score (nSPS) is 16.2. The number of nitrogens with zero attached hydrogens (tertiary/aromatic N) is 2. The number of halogens is 2. The lowest BCUT2D eigenvalue weighted by atomic mass is 9.99. The Balaban J connectivity index is 2.30. The molecule has 1 aliphatic rings. The summed E-state index contributed by atoms with van der Waals surface area (Å²) in [6.07, 6.45) is 2.38. The summed E-state index contributed by atoms with van der Waals surface area (Å²) in [7, 11) is 0. The van der Waals surface area contributed by atoms with Gasteiger partial charge in [-0.3, -0.25) is 14.9 Å². The van der Waals surface area contributed by atoms with Crippen LogP contribution in [0.25, 0.3) is 0 Å². The van der Waals surface area contributed by atoms with Crippen LogP contribution in [0.4, 0.5) is 14.5 Å². The first kappa shape index (κ1) is 14.8. The number of carbonyl (C=O) groups is 1. The molecule has 1 aromatic carbocycles. The Hall–Kier alpha value is -2.56. The molecule has 1 aromatic rings. The Morgan fingerprint density at radius 2 is 1.95 bits per heavy atom. The largest absolute Gasteiger partial charge is 0.334 e. The number of benzene rings is 1. The van der Waals surface area contributed by atoms with Gasteiger partial charge in [0.05, 0.1) is 22.6 Å². The van der Waals surface area contributed by atoms with Crippen molar-refractivity contribution in [3.8, 4) is 6.07 Å². The smallest absolute Gasteiger partial charge is 0.307 e. The zero-order valence-electron chi connectivity index (χ0n) is 10.9. The van der Waals surface area contributed by atoms with E-state index in [9.17, 15) is 23.7 Å². The minimum Gasteiger partial charge on any atom is -0.334 e. The number of nitro benzene ring substituents is 1. The van der Waals surface area contributed by atoms with E-state index < -0.39 is 39.3 Å². The Morgan fingerprint density at radius 3 is 2.48 bits per heavy atom. The van der Waals surface area contributed by atoms with E-state index >= 15 is 0 Å². The van der Waals surface area contributed by atoms with Crippen molar-refractivity contribution < 1.29 is 18.5 Å². The van der Waals surface area contributed by atoms with Crippen molar-refractivity contribution in [1.29, 1.82) is 5.26 Å². The molecule has 0 saturated heterocycles. The molecule has 0 aromatic heterocycles. The molecular weight excluding hydrogens is 284 g/mol. The van der Waals surface area contributed by atoms with Crippen molar-refractivity contribution in [1.82, 2.24) is 5.32 Å². The van der Waals surface area contributed by atoms with Crippen LogP contribution in [0.1, 0.15) is 36.0 Å². The lowest BCUT2D eigenvalue weighted by Crippen LogP contribution is -2.45. The Labute approximate surface area is 118 Å². The van der Waals surface area contributed by atoms with Crippen LogP contribution >= 0.6 is 0 Å². The van der Waals surface area contributed by atoms with Gasteiger partial charge < -0.3 is 5.32 Å². The highest BCUT2D eigenvalue weighted by molar-refractivity contribution is 5.95. The second-order valence-electron chi connectivity index (χ2n) is 4.90. The van der Waals surface area contributed by atoms with E-state index in [0.717, 1.165) is 12.8 Å². The maximum Gasteiger partial charge on any atom is 0.307 e. The number of hydrogen-bond acceptors (Lipinski definition) is 4. The fourth-order valence-corrected chi connectivity index (χ4v) is 2.38. The van der Waals surface area contributed by atoms with Crippen LogP contribution in [0.15, 0.2) is 12.1 Å². The highest BCUT2D eigenvalue weighted by atomic mass is 19.1. The van der Waals surface area contributed by atoms with Crippen LogP contribution in [0.3, 0.4) is 0 Å². The molecule has 21 heavy (non-hydrogen) atoms. The summed E-state index contributed by atoms with van der Waals surface area (Å²) in [6, 6.07) is 2.82. The minimum absolute atomic E-state index is 0.359. The van der Waals surface area contributed by atoms with Gasteiger partial charge >= 0.3 is 5.69 Å². The summed E-state index contributed by atoms with van der Waals surface area (Å²) in [5.74, 6) is -3.46. The summed E-state index contributed by atoms with van der Waals surface area (Å²) in [5.41, 5.74) is -2.78. The second-order valence-corrected chi connectivity index (χ2v) is 4.90. The van der Waals surface area contributed by atoms with Gasteiger partial charge in [0, 0.05) is 0 Å². The molecule has 1 aliphatic carbocycles. The third-order valence-corrected chi connectivity index (χ3v) is 3.50. The zero-order chi connectivity index (χ0) is 15.6. The molecule has 0 aliphatic heterocycles. The van der Waals surface area contributed by atoms with Gasteiger partial charge in [0.15, 0.2) is 0 Å². The lowest BCUT2D eigenvalue weighted by Gasteiger charge is -2.22. The van der Waals surface area contributed by atoms with Gasteiger partial charge in [0.25, 0.3) is 5.91 Å². The standard InChI is InChI=1S/C13H11F2N3O3/c14-9-6-11(18(20)21)10(15)5-8(9)12(19)17-13(7-16)3-1-2-4-13/h5-6H,1-4H2,(H,17,19). The fourth-order valence-electron chi connectivity index (χ4n) is 2.38. The summed E-state index contributed by atoms with van der Waals surface area (Å²) in [4.78, 5) is 21.4. The monoisotopic (exact) mass is 295 g/mol. The van der Waals surface area contributed by atoms with Crippen LogP contribution in [-0.2, 0) is 0 Å². The van der Waals surface area contributed by atoms with Gasteiger partial charge in [0.1, 0.15) is 11.4 Å². The van der Waals surface area contributed by atoms with Crippen LogP contribution in [0.5, 0.6) is 0 Å². The molecule has 1 fully saturated rings. The van der Waals surface area contributed by atoms with Crippen molar-refractivity contribution in [3.05, 3.63) is 39.4 Å². The summed E-state index contributed by atoms with van der Waals surface area (Å²) >= 11 is 0. The molecule has 6 nitrogen and oxygen atoms in total. The molecule has 1 saturated carbocycles. The van der Waals surface area contributed by atoms with Crippen molar-refractivity contribution >= 4 is 11.6 Å². The van der Waals surface area contributed by atoms with Crippen LogP contribution in [-0.4, -0.2) is 16.4 Å². The number of nitriles is 1. The third-order valence-electron chi connectivity index (χ3n) is 3.50. The predicted molar refractivity (Wildman–Crippen MR) is 67.3 cm³/mol. The first-order valence-corrected chi connectivity index (χ1v) is 6.26. The molecule has 1 amide bonds. The number of carbonyl (C=O) groups excluding carboxylic acids is 1. The average Bonchev–Trinajstić information content (AvgIpc) is 2.89. The van der Waals surface area contributed by atoms with E-state index in [1.54, 1.807) is 0 Å². The molecule has 2 rings (SSSR count). The number of nitro groups is 1. The first-order valence-electron chi connectivity index (χ1n) is 6.26. The van der Waals surface area contributed by atoms with Crippen molar-refractivity contribution in [3.63, 3.8) is 0 Å². The number of nitrogens with one attached hydrogen (secondary N) is 1. The maximum atomic E-state index is 13.7. The van der Waals surface area contributed by atoms with Gasteiger partial charge in [-0.2, -0.15) is 9.65 Å². The molecule has 0 spiro atoms. The summed E-state index contributed by atoms with van der Waals surface area (Å²) in [6.45, 7) is 0. The minimum atomic E-state index is -1.30. The molecule has 0 heterocycles. The fraction of sp³-hybridized carbons (Fsp3) is 0.385. The van der Waals surface area contributed by atoms with Crippen LogP contribution in [0, 0.1) is 33.1 Å². The highest BCUT2D eigenvalue weighted by Crippen LogP contribution is 2.30. The van der Waals surface area contributed by atoms with Gasteiger partial charge in [-0.25, -0.2) is 4.39 Å². The highest BCUT2D eigenvalue weighted by Gasteiger charge is 2.36. The second kappa shape index (κ2) is 5.44. The van der Waals surface area contributed by atoms with Crippen molar-refractivity contribution in [2.75, 3.05) is 0 Å². The maximum absolute atomic E-state index is 13.7. The molecule has 0 unspecified atom stereocenters. The molecular formula is C13H11F2N3O3. The summed E-state index contributed by atoms with van der Waals surface area (Å²) in [5, 5.41) is 22.0. The molecule has 1 N–H and O–H groups in total. The Bertz CT molecular complexity index is 649. The van der Waals surface area contributed by atoms with E-state index in [1.807, 2.05) is 6.07 Å². The van der Waals surface area contributed by atoms with Gasteiger partial charge in [0.2, 0.25) is 5.82 Å². The third kappa shape index (κ3) is 2.81. The van der Waals surface area contributed by atoms with E-state index in [4.69, 9.17) is 5.26 Å². The molecule has 110 valence electrons. The van der Waals surface area contributed by atoms with Crippen molar-refractivity contribution in [2.45, 2.75) is 31.2 Å². The molecule has 8 heteroatoms. The number of amides is 1. The van der Waals surface area contributed by atoms with Gasteiger partial charge in [-0.1, -0.05) is 0 Å². The first-order chi connectivity index (χ1) is 9.88. The molecule has 0 radical (unpaired) electrons. The quantitative estimate of drug-likeness (QED) is 0.684. The van der Waals surface area contributed by atoms with Crippen molar-refractivity contribution in [2.24, 2.45) is 0 Å². The Morgan fingerprint density at radius 1 is 1.33 bits per heavy atom. The van der Waals surface area contributed by atoms with E-state index in [-0.39, 0.29) is 0 Å². The van der Waals surface area contributed by atoms with Crippen LogP contribution in [0.2, 0.25) is 0 Å². The number of rotatable bonds is 3. The lowest BCUT2D eigenvalue weighted by molar-refractivity contribution is -0.387. The van der Waals surface area contributed by atoms with Crippen LogP contribution < -0.4 is 5.32 Å². The van der Waals surface area contributed by atoms with E-state index in [1.165, 1.54) is 0 Å². The SMILES string of the molecule is N#CC1(NC(=O)c2cc(F)c([N+](=O)[O-])cc2F)CCCC1. The van der Waals surface area contributed by atoms with E-state index in [2.05, 4.69) is 5.32 Å². The van der Waals surface area contributed by atoms with Gasteiger partial charge in [-0.15, -0.1) is 0 Å². The Kier molecular flexibility index (Phi) is 3.84. The average molecular weight is 295 g/mol. The van der Waals surface area contributed by atoms with Gasteiger partial charge in [-0.05, 0) is 31.7 Å². The topological polar surface area (TPSA) is 96.0 Å². The number of hydrogen-bond donors (Lipinski definition) is 1. The zero-order valence-corrected chi connectivity index (χ0v) is 10.9. The summed E-state index contributed by atoms with van der Waals surface area (Å²) < 4.78 is 27.2.